The summed E-state index contributed by atoms with van der Waals surface area (Å²) in [5.41, 5.74) is 0.694. The lowest BCUT2D eigenvalue weighted by Crippen LogP contribution is -2.49. The van der Waals surface area contributed by atoms with E-state index in [1.54, 1.807) is 0 Å². The zero-order valence-corrected chi connectivity index (χ0v) is 16.1. The van der Waals surface area contributed by atoms with E-state index < -0.39 is 0 Å². The Kier molecular flexibility index (Phi) is 6.78. The van der Waals surface area contributed by atoms with Crippen molar-refractivity contribution in [2.75, 3.05) is 31.6 Å². The van der Waals surface area contributed by atoms with Crippen molar-refractivity contribution >= 4 is 11.6 Å². The fraction of sp³-hybridized carbons (Fsp3) is 0.667. The van der Waals surface area contributed by atoms with Gasteiger partial charge in [-0.25, -0.2) is 0 Å². The van der Waals surface area contributed by atoms with Crippen molar-refractivity contribution in [2.24, 2.45) is 5.92 Å². The molecule has 2 aliphatic rings. The Balaban J connectivity index is 1.65. The molecule has 5 heteroatoms. The lowest BCUT2D eigenvalue weighted by atomic mass is 9.78. The fourth-order valence-corrected chi connectivity index (χ4v) is 4.44. The van der Waals surface area contributed by atoms with E-state index in [2.05, 4.69) is 10.2 Å². The highest BCUT2D eigenvalue weighted by Crippen LogP contribution is 2.35. The van der Waals surface area contributed by atoms with Crippen LogP contribution in [0, 0.1) is 5.92 Å². The molecule has 1 heterocycles. The zero-order chi connectivity index (χ0) is 18.4. The first-order valence-electron chi connectivity index (χ1n) is 10.1. The Morgan fingerprint density at radius 3 is 2.69 bits per heavy atom. The summed E-state index contributed by atoms with van der Waals surface area (Å²) in [6.45, 7) is 6.55. The van der Waals surface area contributed by atoms with Crippen LogP contribution in [0.4, 0.5) is 5.69 Å². The Labute approximate surface area is 157 Å². The lowest BCUT2D eigenvalue weighted by Gasteiger charge is -2.43. The van der Waals surface area contributed by atoms with Gasteiger partial charge in [-0.3, -0.25) is 9.69 Å². The van der Waals surface area contributed by atoms with Gasteiger partial charge < -0.3 is 14.8 Å². The molecule has 2 atom stereocenters. The Morgan fingerprint density at radius 2 is 1.88 bits per heavy atom. The van der Waals surface area contributed by atoms with Crippen molar-refractivity contribution in [3.8, 4) is 11.5 Å². The van der Waals surface area contributed by atoms with Crippen molar-refractivity contribution in [1.29, 1.82) is 0 Å². The van der Waals surface area contributed by atoms with E-state index in [-0.39, 0.29) is 5.91 Å². The number of amides is 1. The van der Waals surface area contributed by atoms with Crippen LogP contribution in [0.15, 0.2) is 18.2 Å². The summed E-state index contributed by atoms with van der Waals surface area (Å²) in [7, 11) is 0. The van der Waals surface area contributed by atoms with Crippen LogP contribution in [0.1, 0.15) is 52.4 Å². The predicted molar refractivity (Wildman–Crippen MR) is 104 cm³/mol. The third-order valence-corrected chi connectivity index (χ3v) is 5.54. The number of nitrogens with zero attached hydrogens (tertiary/aromatic N) is 1. The van der Waals surface area contributed by atoms with Crippen LogP contribution in [-0.4, -0.2) is 43.2 Å². The summed E-state index contributed by atoms with van der Waals surface area (Å²) in [5.74, 6) is 2.26. The molecule has 3 rings (SSSR count). The number of nitrogens with one attached hydrogen (secondary N) is 1. The number of likely N-dealkylation sites (tertiary alicyclic amines) is 1. The minimum atomic E-state index is 0.0332. The van der Waals surface area contributed by atoms with Gasteiger partial charge in [-0.2, -0.15) is 0 Å². The highest BCUT2D eigenvalue weighted by molar-refractivity contribution is 5.94. The second kappa shape index (κ2) is 9.26. The van der Waals surface area contributed by atoms with Crippen molar-refractivity contribution in [3.63, 3.8) is 0 Å². The maximum atomic E-state index is 12.7. The van der Waals surface area contributed by atoms with Crippen LogP contribution in [0.25, 0.3) is 0 Å². The molecule has 144 valence electrons. The van der Waals surface area contributed by atoms with Crippen LogP contribution in [-0.2, 0) is 4.79 Å². The number of rotatable bonds is 7. The summed E-state index contributed by atoms with van der Waals surface area (Å²) < 4.78 is 11.2. The molecule has 2 unspecified atom stereocenters. The van der Waals surface area contributed by atoms with Gasteiger partial charge in [0.25, 0.3) is 0 Å². The number of benzene rings is 1. The summed E-state index contributed by atoms with van der Waals surface area (Å²) in [6, 6.07) is 6.18. The van der Waals surface area contributed by atoms with Crippen molar-refractivity contribution < 1.29 is 14.3 Å². The first-order chi connectivity index (χ1) is 12.7. The molecule has 0 bridgehead atoms. The van der Waals surface area contributed by atoms with Crippen molar-refractivity contribution in [1.82, 2.24) is 4.90 Å². The van der Waals surface area contributed by atoms with Gasteiger partial charge >= 0.3 is 0 Å². The molecule has 1 N–H and O–H groups in total. The molecule has 1 amide bonds. The fourth-order valence-electron chi connectivity index (χ4n) is 4.44. The van der Waals surface area contributed by atoms with Gasteiger partial charge in [-0.05, 0) is 64.1 Å². The molecule has 1 saturated heterocycles. The predicted octanol–water partition coefficient (Wildman–Crippen LogP) is 4.08. The summed E-state index contributed by atoms with van der Waals surface area (Å²) in [4.78, 5) is 15.1. The average molecular weight is 360 g/mol. The average Bonchev–Trinajstić information content (AvgIpc) is 2.64. The Bertz CT molecular complexity index is 603. The lowest BCUT2D eigenvalue weighted by molar-refractivity contribution is -0.118. The van der Waals surface area contributed by atoms with E-state index in [1.807, 2.05) is 32.0 Å². The van der Waals surface area contributed by atoms with E-state index in [9.17, 15) is 4.79 Å². The Hall–Kier alpha value is -1.75. The molecular formula is C21H32N2O3. The van der Waals surface area contributed by atoms with Crippen LogP contribution in [0.2, 0.25) is 0 Å². The molecular weight excluding hydrogens is 328 g/mol. The van der Waals surface area contributed by atoms with Gasteiger partial charge in [0.2, 0.25) is 5.91 Å². The largest absolute Gasteiger partial charge is 0.494 e. The number of ether oxygens (including phenoxy) is 2. The molecule has 1 aromatic rings. The molecule has 1 saturated carbocycles. The van der Waals surface area contributed by atoms with Gasteiger partial charge in [-0.15, -0.1) is 0 Å². The monoisotopic (exact) mass is 360 g/mol. The van der Waals surface area contributed by atoms with E-state index in [0.717, 1.165) is 18.2 Å². The third-order valence-electron chi connectivity index (χ3n) is 5.54. The van der Waals surface area contributed by atoms with Gasteiger partial charge in [0.1, 0.15) is 11.5 Å². The SMILES string of the molecule is CCOc1ccc(OCC)c(NC(=O)CN2CCCC3CCCCC32)c1. The summed E-state index contributed by atoms with van der Waals surface area (Å²) in [6.07, 6.45) is 7.75. The first kappa shape index (κ1) is 19.0. The van der Waals surface area contributed by atoms with Crippen LogP contribution in [0.5, 0.6) is 11.5 Å². The molecule has 0 radical (unpaired) electrons. The number of fused-ring (bicyclic) bond motifs is 1. The number of anilines is 1. The standard InChI is InChI=1S/C21H32N2O3/c1-3-25-17-11-12-20(26-4-2)18(14-17)22-21(24)15-23-13-7-9-16-8-5-6-10-19(16)23/h11-12,14,16,19H,3-10,13,15H2,1-2H3,(H,22,24). The van der Waals surface area contributed by atoms with Gasteiger partial charge in [0.15, 0.2) is 0 Å². The molecule has 1 aromatic carbocycles. The number of carbonyl (C=O) groups excluding carboxylic acids is 1. The van der Waals surface area contributed by atoms with Crippen LogP contribution >= 0.6 is 0 Å². The minimum Gasteiger partial charge on any atom is -0.494 e. The normalized spacial score (nSPS) is 23.2. The van der Waals surface area contributed by atoms with Gasteiger partial charge in [0.05, 0.1) is 25.4 Å². The summed E-state index contributed by atoms with van der Waals surface area (Å²) >= 11 is 0. The number of hydrogen-bond acceptors (Lipinski definition) is 4. The highest BCUT2D eigenvalue weighted by Gasteiger charge is 2.33. The molecule has 5 nitrogen and oxygen atoms in total. The maximum Gasteiger partial charge on any atom is 0.238 e. The second-order valence-electron chi connectivity index (χ2n) is 7.30. The van der Waals surface area contributed by atoms with Crippen molar-refractivity contribution in [2.45, 2.75) is 58.4 Å². The molecule has 0 spiro atoms. The maximum absolute atomic E-state index is 12.7. The first-order valence-corrected chi connectivity index (χ1v) is 10.1. The topological polar surface area (TPSA) is 50.8 Å². The third kappa shape index (κ3) is 4.70. The minimum absolute atomic E-state index is 0.0332. The highest BCUT2D eigenvalue weighted by atomic mass is 16.5. The van der Waals surface area contributed by atoms with Crippen LogP contribution < -0.4 is 14.8 Å². The number of piperidine rings is 1. The zero-order valence-electron chi connectivity index (χ0n) is 16.1. The number of carbonyl (C=O) groups is 1. The number of hydrogen-bond donors (Lipinski definition) is 1. The summed E-state index contributed by atoms with van der Waals surface area (Å²) in [5, 5.41) is 3.05. The molecule has 26 heavy (non-hydrogen) atoms. The smallest absolute Gasteiger partial charge is 0.238 e. The molecule has 2 fully saturated rings. The molecule has 1 aliphatic heterocycles. The van der Waals surface area contributed by atoms with E-state index in [0.29, 0.717) is 37.2 Å². The van der Waals surface area contributed by atoms with Gasteiger partial charge in [-0.1, -0.05) is 12.8 Å². The van der Waals surface area contributed by atoms with E-state index >= 15 is 0 Å². The van der Waals surface area contributed by atoms with E-state index in [1.165, 1.54) is 38.5 Å². The van der Waals surface area contributed by atoms with Crippen LogP contribution in [0.3, 0.4) is 0 Å². The second-order valence-corrected chi connectivity index (χ2v) is 7.30. The van der Waals surface area contributed by atoms with Crippen molar-refractivity contribution in [3.05, 3.63) is 18.2 Å². The molecule has 0 aromatic heterocycles. The Morgan fingerprint density at radius 1 is 1.12 bits per heavy atom. The van der Waals surface area contributed by atoms with Gasteiger partial charge in [0, 0.05) is 12.1 Å². The molecule has 1 aliphatic carbocycles. The van der Waals surface area contributed by atoms with E-state index in [4.69, 9.17) is 9.47 Å². The quantitative estimate of drug-likeness (QED) is 0.796.